The fourth-order valence-corrected chi connectivity index (χ4v) is 2.58. The van der Waals surface area contributed by atoms with Gasteiger partial charge in [0.15, 0.2) is 0 Å². The van der Waals surface area contributed by atoms with Gasteiger partial charge < -0.3 is 10.2 Å². The topological polar surface area (TPSA) is 15.3 Å². The van der Waals surface area contributed by atoms with E-state index in [9.17, 15) is 8.78 Å². The third-order valence-electron chi connectivity index (χ3n) is 3.92. The first-order valence-electron chi connectivity index (χ1n) is 7.06. The summed E-state index contributed by atoms with van der Waals surface area (Å²) in [5, 5.41) is 3.28. The minimum Gasteiger partial charge on any atom is -0.312 e. The predicted octanol–water partition coefficient (Wildman–Crippen LogP) is 2.79. The van der Waals surface area contributed by atoms with Crippen molar-refractivity contribution in [2.75, 3.05) is 26.2 Å². The molecular weight excluding hydrogens is 246 g/mol. The lowest BCUT2D eigenvalue weighted by Gasteiger charge is -2.31. The highest BCUT2D eigenvalue weighted by Gasteiger charge is 2.17. The summed E-state index contributed by atoms with van der Waals surface area (Å²) >= 11 is 0. The van der Waals surface area contributed by atoms with Crippen molar-refractivity contribution >= 4 is 0 Å². The van der Waals surface area contributed by atoms with E-state index >= 15 is 0 Å². The van der Waals surface area contributed by atoms with Gasteiger partial charge in [-0.05, 0) is 51.0 Å². The Balaban J connectivity index is 1.72. The van der Waals surface area contributed by atoms with Crippen LogP contribution in [0.1, 0.15) is 25.3 Å². The van der Waals surface area contributed by atoms with Gasteiger partial charge in [-0.15, -0.1) is 0 Å². The zero-order valence-electron chi connectivity index (χ0n) is 11.5. The number of nitrogens with one attached hydrogen (secondary N) is 1. The van der Waals surface area contributed by atoms with Gasteiger partial charge in [-0.1, -0.05) is 13.0 Å². The van der Waals surface area contributed by atoms with Gasteiger partial charge in [0.2, 0.25) is 0 Å². The van der Waals surface area contributed by atoms with Crippen molar-refractivity contribution in [2.24, 2.45) is 5.92 Å². The summed E-state index contributed by atoms with van der Waals surface area (Å²) in [6.07, 6.45) is 2.40. The van der Waals surface area contributed by atoms with Gasteiger partial charge in [-0.3, -0.25) is 0 Å². The molecule has 0 radical (unpaired) electrons. The molecule has 106 valence electrons. The van der Waals surface area contributed by atoms with Gasteiger partial charge in [0.1, 0.15) is 11.6 Å². The summed E-state index contributed by atoms with van der Waals surface area (Å²) in [6, 6.07) is 3.76. The van der Waals surface area contributed by atoms with Crippen LogP contribution in [0.5, 0.6) is 0 Å². The average molecular weight is 268 g/mol. The van der Waals surface area contributed by atoms with E-state index in [4.69, 9.17) is 0 Å². The van der Waals surface area contributed by atoms with Crippen LogP contribution >= 0.6 is 0 Å². The predicted molar refractivity (Wildman–Crippen MR) is 72.9 cm³/mol. The maximum Gasteiger partial charge on any atom is 0.130 e. The van der Waals surface area contributed by atoms with E-state index < -0.39 is 11.6 Å². The molecule has 1 aliphatic rings. The zero-order valence-corrected chi connectivity index (χ0v) is 11.5. The fraction of sp³-hybridized carbons (Fsp3) is 0.600. The van der Waals surface area contributed by atoms with Gasteiger partial charge >= 0.3 is 0 Å². The quantitative estimate of drug-likeness (QED) is 0.883. The fourth-order valence-electron chi connectivity index (χ4n) is 2.58. The van der Waals surface area contributed by atoms with Crippen LogP contribution in [0.25, 0.3) is 0 Å². The van der Waals surface area contributed by atoms with Crippen molar-refractivity contribution in [2.45, 2.75) is 26.3 Å². The number of rotatable bonds is 5. The molecule has 0 spiro atoms. The van der Waals surface area contributed by atoms with Crippen molar-refractivity contribution < 1.29 is 8.78 Å². The first-order chi connectivity index (χ1) is 9.19. The van der Waals surface area contributed by atoms with Crippen molar-refractivity contribution in [1.29, 1.82) is 0 Å². The molecule has 0 amide bonds. The van der Waals surface area contributed by atoms with E-state index in [-0.39, 0.29) is 0 Å². The number of benzene rings is 1. The van der Waals surface area contributed by atoms with E-state index in [0.717, 1.165) is 32.2 Å². The Labute approximate surface area is 113 Å². The molecule has 2 rings (SSSR count). The molecule has 19 heavy (non-hydrogen) atoms. The smallest absolute Gasteiger partial charge is 0.130 e. The third kappa shape index (κ3) is 4.25. The van der Waals surface area contributed by atoms with Crippen LogP contribution < -0.4 is 5.32 Å². The molecule has 1 heterocycles. The number of piperidine rings is 1. The van der Waals surface area contributed by atoms with E-state index in [2.05, 4.69) is 17.1 Å². The molecule has 1 aromatic rings. The Bertz CT molecular complexity index is 401. The summed E-state index contributed by atoms with van der Waals surface area (Å²) in [4.78, 5) is 2.45. The first kappa shape index (κ1) is 14.4. The SMILES string of the molecule is CCN1CCC(CNCc2ccc(F)cc2F)CC1. The van der Waals surface area contributed by atoms with Gasteiger partial charge in [0, 0.05) is 18.2 Å². The maximum atomic E-state index is 13.4. The lowest BCUT2D eigenvalue weighted by Crippen LogP contribution is -2.37. The zero-order chi connectivity index (χ0) is 13.7. The van der Waals surface area contributed by atoms with E-state index in [1.54, 1.807) is 0 Å². The monoisotopic (exact) mass is 268 g/mol. The number of nitrogens with zero attached hydrogens (tertiary/aromatic N) is 1. The molecule has 0 unspecified atom stereocenters. The normalized spacial score (nSPS) is 17.8. The van der Waals surface area contributed by atoms with Gasteiger partial charge in [-0.2, -0.15) is 0 Å². The second-order valence-corrected chi connectivity index (χ2v) is 5.24. The Morgan fingerprint density at radius 2 is 2.00 bits per heavy atom. The van der Waals surface area contributed by atoms with Crippen molar-refractivity contribution in [3.05, 3.63) is 35.4 Å². The van der Waals surface area contributed by atoms with Crippen LogP contribution in [0, 0.1) is 17.6 Å². The summed E-state index contributed by atoms with van der Waals surface area (Å²) in [5.74, 6) is -0.312. The Hall–Kier alpha value is -1.00. The average Bonchev–Trinajstić information content (AvgIpc) is 2.42. The van der Waals surface area contributed by atoms with Crippen LogP contribution in [0.4, 0.5) is 8.78 Å². The highest BCUT2D eigenvalue weighted by Crippen LogP contribution is 2.16. The van der Waals surface area contributed by atoms with Crippen molar-refractivity contribution in [1.82, 2.24) is 10.2 Å². The third-order valence-corrected chi connectivity index (χ3v) is 3.92. The van der Waals surface area contributed by atoms with Crippen LogP contribution in [-0.4, -0.2) is 31.1 Å². The molecule has 1 saturated heterocycles. The molecule has 0 bridgehead atoms. The standard InChI is InChI=1S/C15H22F2N2/c1-2-19-7-5-12(6-8-19)10-18-11-13-3-4-14(16)9-15(13)17/h3-4,9,12,18H,2,5-8,10-11H2,1H3. The van der Waals surface area contributed by atoms with Gasteiger partial charge in [-0.25, -0.2) is 8.78 Å². The number of halogens is 2. The van der Waals surface area contributed by atoms with Crippen LogP contribution in [0.15, 0.2) is 18.2 Å². The summed E-state index contributed by atoms with van der Waals surface area (Å²) in [6.45, 7) is 7.02. The number of hydrogen-bond acceptors (Lipinski definition) is 2. The molecule has 2 nitrogen and oxygen atoms in total. The van der Waals surface area contributed by atoms with Crippen LogP contribution in [0.2, 0.25) is 0 Å². The lowest BCUT2D eigenvalue weighted by atomic mass is 9.97. The Morgan fingerprint density at radius 3 is 2.63 bits per heavy atom. The summed E-state index contributed by atoms with van der Waals surface area (Å²) < 4.78 is 26.2. The Kier molecular flexibility index (Phi) is 5.28. The van der Waals surface area contributed by atoms with Crippen molar-refractivity contribution in [3.8, 4) is 0 Å². The summed E-state index contributed by atoms with van der Waals surface area (Å²) in [7, 11) is 0. The number of likely N-dealkylation sites (tertiary alicyclic amines) is 1. The lowest BCUT2D eigenvalue weighted by molar-refractivity contribution is 0.190. The molecule has 0 aromatic heterocycles. The van der Waals surface area contributed by atoms with E-state index in [1.165, 1.54) is 25.0 Å². The Morgan fingerprint density at radius 1 is 1.26 bits per heavy atom. The van der Waals surface area contributed by atoms with Crippen LogP contribution in [-0.2, 0) is 6.54 Å². The van der Waals surface area contributed by atoms with Gasteiger partial charge in [0.05, 0.1) is 0 Å². The minimum atomic E-state index is -0.520. The van der Waals surface area contributed by atoms with E-state index in [1.807, 2.05) is 0 Å². The second-order valence-electron chi connectivity index (χ2n) is 5.24. The molecule has 0 atom stereocenters. The molecule has 1 aromatic carbocycles. The maximum absolute atomic E-state index is 13.4. The molecule has 0 aliphatic carbocycles. The minimum absolute atomic E-state index is 0.465. The molecule has 0 saturated carbocycles. The molecule has 1 N–H and O–H groups in total. The largest absolute Gasteiger partial charge is 0.312 e. The van der Waals surface area contributed by atoms with Crippen LogP contribution in [0.3, 0.4) is 0 Å². The molecular formula is C15H22F2N2. The molecule has 1 aliphatic heterocycles. The number of hydrogen-bond donors (Lipinski definition) is 1. The molecule has 4 heteroatoms. The second kappa shape index (κ2) is 6.96. The first-order valence-corrected chi connectivity index (χ1v) is 7.06. The highest BCUT2D eigenvalue weighted by atomic mass is 19.1. The molecule has 1 fully saturated rings. The van der Waals surface area contributed by atoms with E-state index in [0.29, 0.717) is 18.0 Å². The van der Waals surface area contributed by atoms with Crippen molar-refractivity contribution in [3.63, 3.8) is 0 Å². The highest BCUT2D eigenvalue weighted by molar-refractivity contribution is 5.18. The summed E-state index contributed by atoms with van der Waals surface area (Å²) in [5.41, 5.74) is 0.535. The van der Waals surface area contributed by atoms with Gasteiger partial charge in [0.25, 0.3) is 0 Å².